The number of piperidine rings is 1. The molecular formula is C21H29ClN2O7. The van der Waals surface area contributed by atoms with Gasteiger partial charge in [-0.2, -0.15) is 0 Å². The normalized spacial score (nSPS) is 20.8. The molecule has 0 aliphatic carbocycles. The molecule has 172 valence electrons. The summed E-state index contributed by atoms with van der Waals surface area (Å²) in [5.41, 5.74) is -0.363. The minimum absolute atomic E-state index is 0.149. The number of hydrogen-bond donors (Lipinski definition) is 2. The predicted octanol–water partition coefficient (Wildman–Crippen LogP) is 2.47. The van der Waals surface area contributed by atoms with Gasteiger partial charge in [-0.1, -0.05) is 11.6 Å². The van der Waals surface area contributed by atoms with Crippen LogP contribution in [0.3, 0.4) is 0 Å². The summed E-state index contributed by atoms with van der Waals surface area (Å²) in [6.45, 7) is 6.84. The van der Waals surface area contributed by atoms with Gasteiger partial charge in [0, 0.05) is 19.0 Å². The molecule has 0 aromatic heterocycles. The highest BCUT2D eigenvalue weighted by Crippen LogP contribution is 2.46. The lowest BCUT2D eigenvalue weighted by Crippen LogP contribution is -2.50. The van der Waals surface area contributed by atoms with Gasteiger partial charge in [-0.05, 0) is 33.3 Å². The zero-order valence-corrected chi connectivity index (χ0v) is 19.0. The first-order valence-corrected chi connectivity index (χ1v) is 10.6. The van der Waals surface area contributed by atoms with Gasteiger partial charge in [0.25, 0.3) is 5.91 Å². The molecule has 0 saturated carbocycles. The summed E-state index contributed by atoms with van der Waals surface area (Å²) in [5, 5.41) is 13.6. The molecule has 2 amide bonds. The first kappa shape index (κ1) is 23.3. The quantitative estimate of drug-likeness (QED) is 0.716. The molecular weight excluding hydrogens is 428 g/mol. The van der Waals surface area contributed by atoms with E-state index >= 15 is 0 Å². The molecule has 3 rings (SSSR count). The van der Waals surface area contributed by atoms with Crippen molar-refractivity contribution in [3.63, 3.8) is 0 Å². The SMILES string of the molecule is COc1c(Cl)cc(C(=O)NC[C@@H]2CCN(C(=O)OC(C)(C)C)CC2O)c2c1OCCO2. The maximum Gasteiger partial charge on any atom is 0.410 e. The van der Waals surface area contributed by atoms with E-state index in [0.717, 1.165) is 0 Å². The van der Waals surface area contributed by atoms with Crippen LogP contribution in [0.4, 0.5) is 4.79 Å². The van der Waals surface area contributed by atoms with Gasteiger partial charge >= 0.3 is 6.09 Å². The fourth-order valence-electron chi connectivity index (χ4n) is 3.54. The molecule has 0 spiro atoms. The van der Waals surface area contributed by atoms with Crippen molar-refractivity contribution < 1.29 is 33.6 Å². The van der Waals surface area contributed by atoms with Gasteiger partial charge in [0.05, 0.1) is 30.3 Å². The molecule has 31 heavy (non-hydrogen) atoms. The summed E-state index contributed by atoms with van der Waals surface area (Å²) in [6.07, 6.45) is -0.706. The standard InChI is InChI=1S/C21H29ClN2O7/c1-21(2,3)31-20(27)24-6-5-12(15(25)11-24)10-23-19(26)13-9-14(22)17(28-4)18-16(13)29-7-8-30-18/h9,12,15,25H,5-8,10-11H2,1-4H3,(H,23,26)/t12-,15?/m0/s1. The second-order valence-corrected chi connectivity index (χ2v) is 8.95. The summed E-state index contributed by atoms with van der Waals surface area (Å²) >= 11 is 6.24. The zero-order valence-electron chi connectivity index (χ0n) is 18.2. The number of nitrogens with one attached hydrogen (secondary N) is 1. The van der Waals surface area contributed by atoms with Crippen LogP contribution < -0.4 is 19.5 Å². The number of aliphatic hydroxyl groups excluding tert-OH is 1. The number of methoxy groups -OCH3 is 1. The fourth-order valence-corrected chi connectivity index (χ4v) is 3.81. The number of ether oxygens (including phenoxy) is 4. The lowest BCUT2D eigenvalue weighted by atomic mass is 9.94. The van der Waals surface area contributed by atoms with E-state index in [4.69, 9.17) is 30.5 Å². The highest BCUT2D eigenvalue weighted by molar-refractivity contribution is 6.33. The van der Waals surface area contributed by atoms with Crippen molar-refractivity contribution in [2.45, 2.75) is 38.9 Å². The Morgan fingerprint density at radius 1 is 1.29 bits per heavy atom. The Bertz CT molecular complexity index is 840. The fraction of sp³-hybridized carbons (Fsp3) is 0.619. The number of fused-ring (bicyclic) bond motifs is 1. The van der Waals surface area contributed by atoms with Gasteiger partial charge in [-0.15, -0.1) is 0 Å². The number of likely N-dealkylation sites (tertiary alicyclic amines) is 1. The van der Waals surface area contributed by atoms with Crippen LogP contribution in [0.15, 0.2) is 6.07 Å². The molecule has 2 atom stereocenters. The van der Waals surface area contributed by atoms with Crippen molar-refractivity contribution in [1.29, 1.82) is 0 Å². The predicted molar refractivity (Wildman–Crippen MR) is 113 cm³/mol. The van der Waals surface area contributed by atoms with Crippen LogP contribution in [0.2, 0.25) is 5.02 Å². The number of β-amino-alcohol motifs (C(OH)–C–C–N with tert-alkyl or cyclic N) is 1. The first-order chi connectivity index (χ1) is 14.6. The van der Waals surface area contributed by atoms with Crippen LogP contribution in [0.5, 0.6) is 17.2 Å². The van der Waals surface area contributed by atoms with Gasteiger partial charge in [0.1, 0.15) is 18.8 Å². The molecule has 2 aliphatic heterocycles. The Morgan fingerprint density at radius 2 is 1.97 bits per heavy atom. The lowest BCUT2D eigenvalue weighted by molar-refractivity contribution is -0.0122. The molecule has 10 heteroatoms. The van der Waals surface area contributed by atoms with Crippen LogP contribution in [0, 0.1) is 5.92 Å². The van der Waals surface area contributed by atoms with Crippen LogP contribution in [-0.4, -0.2) is 73.7 Å². The number of halogens is 1. The molecule has 2 heterocycles. The number of amides is 2. The van der Waals surface area contributed by atoms with E-state index in [0.29, 0.717) is 37.7 Å². The van der Waals surface area contributed by atoms with E-state index in [-0.39, 0.29) is 35.3 Å². The Kier molecular flexibility index (Phi) is 7.06. The van der Waals surface area contributed by atoms with Gasteiger partial charge in [0.15, 0.2) is 11.5 Å². The topological polar surface area (TPSA) is 107 Å². The maximum atomic E-state index is 12.8. The van der Waals surface area contributed by atoms with Crippen LogP contribution in [0.25, 0.3) is 0 Å². The van der Waals surface area contributed by atoms with Gasteiger partial charge < -0.3 is 34.3 Å². The Balaban J connectivity index is 1.62. The number of rotatable bonds is 4. The number of aliphatic hydroxyl groups is 1. The molecule has 9 nitrogen and oxygen atoms in total. The lowest BCUT2D eigenvalue weighted by Gasteiger charge is -2.36. The molecule has 0 radical (unpaired) electrons. The van der Waals surface area contributed by atoms with Crippen LogP contribution >= 0.6 is 11.6 Å². The van der Waals surface area contributed by atoms with Crippen molar-refractivity contribution in [3.05, 3.63) is 16.7 Å². The van der Waals surface area contributed by atoms with E-state index < -0.39 is 23.7 Å². The number of carbonyl (C=O) groups is 2. The van der Waals surface area contributed by atoms with Crippen molar-refractivity contribution >= 4 is 23.6 Å². The maximum absolute atomic E-state index is 12.8. The molecule has 1 fully saturated rings. The number of benzene rings is 1. The van der Waals surface area contributed by atoms with Gasteiger partial charge in [0.2, 0.25) is 5.75 Å². The third-order valence-corrected chi connectivity index (χ3v) is 5.35. The van der Waals surface area contributed by atoms with Gasteiger partial charge in [-0.25, -0.2) is 4.79 Å². The van der Waals surface area contributed by atoms with Crippen LogP contribution in [-0.2, 0) is 4.74 Å². The average molecular weight is 457 g/mol. The number of nitrogens with zero attached hydrogens (tertiary/aromatic N) is 1. The second-order valence-electron chi connectivity index (χ2n) is 8.55. The van der Waals surface area contributed by atoms with E-state index in [1.807, 2.05) is 0 Å². The van der Waals surface area contributed by atoms with Gasteiger partial charge in [-0.3, -0.25) is 4.79 Å². The molecule has 1 saturated heterocycles. The Labute approximate surface area is 186 Å². The highest BCUT2D eigenvalue weighted by Gasteiger charge is 2.33. The highest BCUT2D eigenvalue weighted by atomic mass is 35.5. The summed E-state index contributed by atoms with van der Waals surface area (Å²) in [5.74, 6) is 0.303. The van der Waals surface area contributed by atoms with Crippen LogP contribution in [0.1, 0.15) is 37.6 Å². The van der Waals surface area contributed by atoms with Crippen molar-refractivity contribution in [1.82, 2.24) is 10.2 Å². The second kappa shape index (κ2) is 9.40. The van der Waals surface area contributed by atoms with E-state index in [1.165, 1.54) is 18.1 Å². The van der Waals surface area contributed by atoms with E-state index in [9.17, 15) is 14.7 Å². The Hall–Kier alpha value is -2.39. The molecule has 1 aromatic carbocycles. The van der Waals surface area contributed by atoms with Crippen molar-refractivity contribution in [2.24, 2.45) is 5.92 Å². The number of hydrogen-bond acceptors (Lipinski definition) is 7. The van der Waals surface area contributed by atoms with Crippen molar-refractivity contribution in [3.8, 4) is 17.2 Å². The number of carbonyl (C=O) groups excluding carboxylic acids is 2. The van der Waals surface area contributed by atoms with Crippen molar-refractivity contribution in [2.75, 3.05) is 40.0 Å². The third-order valence-electron chi connectivity index (χ3n) is 5.07. The average Bonchev–Trinajstić information content (AvgIpc) is 2.70. The monoisotopic (exact) mass is 456 g/mol. The molecule has 0 bridgehead atoms. The van der Waals surface area contributed by atoms with E-state index in [2.05, 4.69) is 5.32 Å². The largest absolute Gasteiger partial charge is 0.491 e. The zero-order chi connectivity index (χ0) is 22.8. The summed E-state index contributed by atoms with van der Waals surface area (Å²) in [7, 11) is 1.46. The molecule has 1 unspecified atom stereocenters. The molecule has 1 aromatic rings. The molecule has 2 N–H and O–H groups in total. The van der Waals surface area contributed by atoms with E-state index in [1.54, 1.807) is 20.8 Å². The Morgan fingerprint density at radius 3 is 2.58 bits per heavy atom. The first-order valence-electron chi connectivity index (χ1n) is 10.2. The summed E-state index contributed by atoms with van der Waals surface area (Å²) in [4.78, 5) is 26.5. The minimum atomic E-state index is -0.783. The smallest absolute Gasteiger partial charge is 0.410 e. The third kappa shape index (κ3) is 5.46. The molecule has 2 aliphatic rings. The minimum Gasteiger partial charge on any atom is -0.491 e. The summed E-state index contributed by atoms with van der Waals surface area (Å²) in [6, 6.07) is 1.48. The summed E-state index contributed by atoms with van der Waals surface area (Å²) < 4.78 is 21.8.